The van der Waals surface area contributed by atoms with E-state index >= 15 is 0 Å². The number of hydrogen-bond donors (Lipinski definition) is 2. The molecule has 0 saturated heterocycles. The first-order valence-corrected chi connectivity index (χ1v) is 6.45. The van der Waals surface area contributed by atoms with Crippen molar-refractivity contribution in [3.05, 3.63) is 29.8 Å². The average molecular weight is 258 g/mol. The van der Waals surface area contributed by atoms with Crippen LogP contribution in [0.1, 0.15) is 12.5 Å². The van der Waals surface area contributed by atoms with Gasteiger partial charge in [-0.3, -0.25) is 9.63 Å². The highest BCUT2D eigenvalue weighted by molar-refractivity contribution is 7.89. The highest BCUT2D eigenvalue weighted by atomic mass is 32.2. The quantitative estimate of drug-likeness (QED) is 0.698. The summed E-state index contributed by atoms with van der Waals surface area (Å²) in [6.07, 6.45) is 0.825. The number of carbonyl (C=O) groups excluding carboxylic acids is 1. The molecule has 0 radical (unpaired) electrons. The number of hydrogen-bond acceptors (Lipinski definition) is 4. The molecule has 94 valence electrons. The van der Waals surface area contributed by atoms with E-state index in [4.69, 9.17) is 5.73 Å². The van der Waals surface area contributed by atoms with Crippen molar-refractivity contribution >= 4 is 15.9 Å². The molecular formula is C10H14N2O4S. The minimum Gasteiger partial charge on any atom is -0.368 e. The van der Waals surface area contributed by atoms with Gasteiger partial charge >= 0.3 is 0 Å². The highest BCUT2D eigenvalue weighted by Gasteiger charge is 2.14. The first-order chi connectivity index (χ1) is 7.95. The van der Waals surface area contributed by atoms with Crippen LogP contribution in [0, 0.1) is 0 Å². The largest absolute Gasteiger partial charge is 0.368 e. The molecular weight excluding hydrogens is 244 g/mol. The third-order valence-corrected chi connectivity index (χ3v) is 3.25. The molecule has 1 rings (SSSR count). The molecule has 0 aliphatic heterocycles. The third-order valence-electron chi connectivity index (χ3n) is 2.02. The van der Waals surface area contributed by atoms with E-state index in [9.17, 15) is 13.2 Å². The predicted octanol–water partition coefficient (Wildman–Crippen LogP) is -0.0558. The van der Waals surface area contributed by atoms with E-state index in [0.29, 0.717) is 0 Å². The number of amides is 1. The summed E-state index contributed by atoms with van der Waals surface area (Å²) < 4.78 is 23.3. The van der Waals surface area contributed by atoms with Crippen molar-refractivity contribution in [2.75, 3.05) is 6.61 Å². The standard InChI is InChI=1S/C10H14N2O4S/c1-2-8-3-5-9(6-4-8)17(14,15)12-16-7-10(11)13/h3-6,12H,2,7H2,1H3,(H2,11,13). The average Bonchev–Trinajstić information content (AvgIpc) is 2.28. The van der Waals surface area contributed by atoms with Crippen LogP contribution in [0.15, 0.2) is 29.2 Å². The van der Waals surface area contributed by atoms with Gasteiger partial charge in [-0.15, -0.1) is 0 Å². The minimum absolute atomic E-state index is 0.0687. The number of sulfonamides is 1. The molecule has 0 atom stereocenters. The Bertz CT molecular complexity index is 482. The Morgan fingerprint density at radius 3 is 2.41 bits per heavy atom. The van der Waals surface area contributed by atoms with Gasteiger partial charge in [0.25, 0.3) is 10.0 Å². The maximum absolute atomic E-state index is 11.6. The van der Waals surface area contributed by atoms with E-state index in [2.05, 4.69) is 4.84 Å². The lowest BCUT2D eigenvalue weighted by atomic mass is 10.2. The fraction of sp³-hybridized carbons (Fsp3) is 0.300. The molecule has 0 aromatic heterocycles. The number of rotatable bonds is 6. The smallest absolute Gasteiger partial charge is 0.262 e. The van der Waals surface area contributed by atoms with Gasteiger partial charge in [-0.05, 0) is 24.1 Å². The summed E-state index contributed by atoms with van der Waals surface area (Å²) in [6, 6.07) is 6.36. The van der Waals surface area contributed by atoms with E-state index in [1.54, 1.807) is 12.1 Å². The van der Waals surface area contributed by atoms with Gasteiger partial charge in [-0.25, -0.2) is 8.42 Å². The fourth-order valence-electron chi connectivity index (χ4n) is 1.13. The van der Waals surface area contributed by atoms with Gasteiger partial charge in [-0.1, -0.05) is 23.9 Å². The summed E-state index contributed by atoms with van der Waals surface area (Å²) in [5.41, 5.74) is 5.83. The zero-order chi connectivity index (χ0) is 12.9. The molecule has 1 aromatic carbocycles. The lowest BCUT2D eigenvalue weighted by molar-refractivity contribution is -0.123. The van der Waals surface area contributed by atoms with Crippen LogP contribution >= 0.6 is 0 Å². The molecule has 0 fully saturated rings. The van der Waals surface area contributed by atoms with Crippen LogP contribution in [-0.2, 0) is 26.1 Å². The first kappa shape index (κ1) is 13.6. The molecule has 7 heteroatoms. The zero-order valence-electron chi connectivity index (χ0n) is 9.34. The molecule has 0 saturated carbocycles. The molecule has 0 heterocycles. The SMILES string of the molecule is CCc1ccc(S(=O)(=O)NOCC(N)=O)cc1. The Kier molecular flexibility index (Phi) is 4.62. The fourth-order valence-corrected chi connectivity index (χ4v) is 1.94. The maximum Gasteiger partial charge on any atom is 0.262 e. The van der Waals surface area contributed by atoms with Crippen LogP contribution in [0.3, 0.4) is 0 Å². The number of primary amides is 1. The summed E-state index contributed by atoms with van der Waals surface area (Å²) in [4.78, 5) is 16.7. The van der Waals surface area contributed by atoms with Crippen molar-refractivity contribution in [3.63, 3.8) is 0 Å². The van der Waals surface area contributed by atoms with Crippen molar-refractivity contribution < 1.29 is 18.0 Å². The van der Waals surface area contributed by atoms with Gasteiger partial charge < -0.3 is 5.73 Å². The lowest BCUT2D eigenvalue weighted by Crippen LogP contribution is -2.29. The molecule has 1 aromatic rings. The van der Waals surface area contributed by atoms with E-state index in [0.717, 1.165) is 12.0 Å². The molecule has 6 nitrogen and oxygen atoms in total. The Balaban J connectivity index is 2.72. The first-order valence-electron chi connectivity index (χ1n) is 4.96. The predicted molar refractivity (Wildman–Crippen MR) is 61.3 cm³/mol. The van der Waals surface area contributed by atoms with Crippen molar-refractivity contribution in [1.29, 1.82) is 0 Å². The summed E-state index contributed by atoms with van der Waals surface area (Å²) in [7, 11) is -3.76. The van der Waals surface area contributed by atoms with Gasteiger partial charge in [0, 0.05) is 0 Å². The van der Waals surface area contributed by atoms with Crippen LogP contribution in [0.2, 0.25) is 0 Å². The number of nitrogens with two attached hydrogens (primary N) is 1. The second-order valence-electron chi connectivity index (χ2n) is 3.34. The summed E-state index contributed by atoms with van der Waals surface area (Å²) in [6.45, 7) is 1.46. The monoisotopic (exact) mass is 258 g/mol. The topological polar surface area (TPSA) is 98.5 Å². The second kappa shape index (κ2) is 5.76. The number of aryl methyl sites for hydroxylation is 1. The van der Waals surface area contributed by atoms with Crippen LogP contribution < -0.4 is 10.6 Å². The lowest BCUT2D eigenvalue weighted by Gasteiger charge is -2.06. The molecule has 0 aliphatic carbocycles. The molecule has 0 unspecified atom stereocenters. The minimum atomic E-state index is -3.76. The van der Waals surface area contributed by atoms with Crippen molar-refractivity contribution in [1.82, 2.24) is 4.89 Å². The van der Waals surface area contributed by atoms with E-state index < -0.39 is 22.5 Å². The van der Waals surface area contributed by atoms with Crippen LogP contribution in [0.4, 0.5) is 0 Å². The third kappa shape index (κ3) is 4.14. The molecule has 0 aliphatic rings. The Labute approximate surface area is 99.8 Å². The van der Waals surface area contributed by atoms with E-state index in [-0.39, 0.29) is 4.90 Å². The van der Waals surface area contributed by atoms with Crippen molar-refractivity contribution in [2.45, 2.75) is 18.2 Å². The Morgan fingerprint density at radius 1 is 1.35 bits per heavy atom. The van der Waals surface area contributed by atoms with Gasteiger partial charge in [0.2, 0.25) is 5.91 Å². The zero-order valence-corrected chi connectivity index (χ0v) is 10.2. The molecule has 0 bridgehead atoms. The van der Waals surface area contributed by atoms with Crippen LogP contribution in [0.25, 0.3) is 0 Å². The van der Waals surface area contributed by atoms with Gasteiger partial charge in [0.05, 0.1) is 4.90 Å². The Hall–Kier alpha value is -1.44. The van der Waals surface area contributed by atoms with Gasteiger partial charge in [-0.2, -0.15) is 0 Å². The van der Waals surface area contributed by atoms with Crippen molar-refractivity contribution in [2.24, 2.45) is 5.73 Å². The Morgan fingerprint density at radius 2 is 1.94 bits per heavy atom. The number of benzene rings is 1. The number of nitrogens with one attached hydrogen (secondary N) is 1. The van der Waals surface area contributed by atoms with Crippen molar-refractivity contribution in [3.8, 4) is 0 Å². The molecule has 1 amide bonds. The summed E-state index contributed by atoms with van der Waals surface area (Å²) in [5.74, 6) is -0.756. The molecule has 17 heavy (non-hydrogen) atoms. The second-order valence-corrected chi connectivity index (χ2v) is 4.98. The normalized spacial score (nSPS) is 11.4. The molecule has 0 spiro atoms. The van der Waals surface area contributed by atoms with Gasteiger partial charge in [0.1, 0.15) is 6.61 Å². The maximum atomic E-state index is 11.6. The summed E-state index contributed by atoms with van der Waals surface area (Å²) in [5, 5.41) is 0. The van der Waals surface area contributed by atoms with Gasteiger partial charge in [0.15, 0.2) is 0 Å². The highest BCUT2D eigenvalue weighted by Crippen LogP contribution is 2.10. The number of carbonyl (C=O) groups is 1. The van der Waals surface area contributed by atoms with E-state index in [1.807, 2.05) is 11.8 Å². The van der Waals surface area contributed by atoms with E-state index in [1.165, 1.54) is 12.1 Å². The summed E-state index contributed by atoms with van der Waals surface area (Å²) >= 11 is 0. The van der Waals surface area contributed by atoms with Crippen LogP contribution in [0.5, 0.6) is 0 Å². The van der Waals surface area contributed by atoms with Crippen LogP contribution in [-0.4, -0.2) is 20.9 Å². The molecule has 3 N–H and O–H groups in total.